The maximum Gasteiger partial charge on any atom is 0.251 e. The number of nitrogens with zero attached hydrogens (tertiary/aromatic N) is 1. The lowest BCUT2D eigenvalue weighted by Gasteiger charge is -2.26. The zero-order valence-corrected chi connectivity index (χ0v) is 14.9. The van der Waals surface area contributed by atoms with Gasteiger partial charge in [0.15, 0.2) is 0 Å². The van der Waals surface area contributed by atoms with Gasteiger partial charge in [0.25, 0.3) is 5.91 Å². The Bertz CT molecular complexity index is 661. The molecule has 0 aliphatic rings. The number of hydrogen-bond acceptors (Lipinski definition) is 2. The molecule has 1 N–H and O–H groups in total. The molecule has 1 amide bonds. The third-order valence-electron chi connectivity index (χ3n) is 3.43. The van der Waals surface area contributed by atoms with Gasteiger partial charge in [-0.2, -0.15) is 0 Å². The van der Waals surface area contributed by atoms with Crippen LogP contribution in [0, 0.1) is 0 Å². The first-order chi connectivity index (χ1) is 10.5. The molecule has 5 heteroatoms. The van der Waals surface area contributed by atoms with Crippen molar-refractivity contribution in [3.8, 4) is 0 Å². The molecule has 3 nitrogen and oxygen atoms in total. The predicted molar refractivity (Wildman–Crippen MR) is 94.4 cm³/mol. The third kappa shape index (κ3) is 4.32. The lowest BCUT2D eigenvalue weighted by molar-refractivity contribution is 0.0942. The number of likely N-dealkylation sites (N-methyl/N-ethyl adjacent to an activating group) is 1. The summed E-state index contributed by atoms with van der Waals surface area (Å²) in [5, 5.41) is 3.68. The van der Waals surface area contributed by atoms with Crippen LogP contribution in [0.4, 0.5) is 0 Å². The summed E-state index contributed by atoms with van der Waals surface area (Å²) >= 11 is 9.64. The molecule has 0 radical (unpaired) electrons. The van der Waals surface area contributed by atoms with Gasteiger partial charge in [0.1, 0.15) is 0 Å². The molecule has 0 unspecified atom stereocenters. The fourth-order valence-electron chi connectivity index (χ4n) is 2.24. The van der Waals surface area contributed by atoms with E-state index in [4.69, 9.17) is 11.6 Å². The van der Waals surface area contributed by atoms with Gasteiger partial charge in [0.05, 0.1) is 6.04 Å². The van der Waals surface area contributed by atoms with Crippen LogP contribution >= 0.6 is 27.5 Å². The summed E-state index contributed by atoms with van der Waals surface area (Å²) in [4.78, 5) is 14.3. The zero-order chi connectivity index (χ0) is 16.1. The van der Waals surface area contributed by atoms with Crippen molar-refractivity contribution in [2.45, 2.75) is 6.04 Å². The van der Waals surface area contributed by atoms with Gasteiger partial charge >= 0.3 is 0 Å². The SMILES string of the molecule is CN(C)[C@@H](CNC(=O)c1cccc(Br)c1)c1ccccc1Cl. The van der Waals surface area contributed by atoms with Gasteiger partial charge in [-0.3, -0.25) is 4.79 Å². The van der Waals surface area contributed by atoms with Crippen molar-refractivity contribution in [1.29, 1.82) is 0 Å². The first-order valence-corrected chi connectivity index (χ1v) is 8.10. The van der Waals surface area contributed by atoms with E-state index in [1.54, 1.807) is 12.1 Å². The number of benzene rings is 2. The molecule has 0 spiro atoms. The average molecular weight is 382 g/mol. The first kappa shape index (κ1) is 17.0. The summed E-state index contributed by atoms with van der Waals surface area (Å²) in [6, 6.07) is 15.0. The molecular weight excluding hydrogens is 364 g/mol. The Kier molecular flexibility index (Phi) is 6.00. The monoisotopic (exact) mass is 380 g/mol. The molecule has 2 aromatic rings. The highest BCUT2D eigenvalue weighted by atomic mass is 79.9. The van der Waals surface area contributed by atoms with Crippen molar-refractivity contribution >= 4 is 33.4 Å². The Morgan fingerprint density at radius 1 is 1.23 bits per heavy atom. The lowest BCUT2D eigenvalue weighted by atomic mass is 10.1. The summed E-state index contributed by atoms with van der Waals surface area (Å²) in [5.74, 6) is -0.0970. The van der Waals surface area contributed by atoms with Crippen LogP contribution in [0.25, 0.3) is 0 Å². The number of hydrogen-bond donors (Lipinski definition) is 1. The molecule has 1 atom stereocenters. The number of carbonyl (C=O) groups excluding carboxylic acids is 1. The molecule has 0 heterocycles. The Hall–Kier alpha value is -1.36. The van der Waals surface area contributed by atoms with Crippen molar-refractivity contribution in [3.05, 3.63) is 69.2 Å². The summed E-state index contributed by atoms with van der Waals surface area (Å²) in [6.07, 6.45) is 0. The van der Waals surface area contributed by atoms with Gasteiger partial charge in [-0.15, -0.1) is 0 Å². The van der Waals surface area contributed by atoms with Crippen LogP contribution in [0.15, 0.2) is 53.0 Å². The summed E-state index contributed by atoms with van der Waals surface area (Å²) in [5.41, 5.74) is 1.63. The molecule has 0 saturated carbocycles. The number of amides is 1. The second kappa shape index (κ2) is 7.77. The van der Waals surface area contributed by atoms with Crippen molar-refractivity contribution in [2.24, 2.45) is 0 Å². The van der Waals surface area contributed by atoms with Crippen LogP contribution in [0.3, 0.4) is 0 Å². The van der Waals surface area contributed by atoms with Crippen molar-refractivity contribution in [1.82, 2.24) is 10.2 Å². The standard InChI is InChI=1S/C17H18BrClN2O/c1-21(2)16(14-8-3-4-9-15(14)19)11-20-17(22)12-6-5-7-13(18)10-12/h3-10,16H,11H2,1-2H3,(H,20,22)/t16-/m0/s1. The molecule has 0 saturated heterocycles. The van der Waals surface area contributed by atoms with Crippen molar-refractivity contribution in [2.75, 3.05) is 20.6 Å². The fraction of sp³-hybridized carbons (Fsp3) is 0.235. The van der Waals surface area contributed by atoms with E-state index in [1.807, 2.05) is 55.4 Å². The van der Waals surface area contributed by atoms with Crippen LogP contribution in [0.5, 0.6) is 0 Å². The van der Waals surface area contributed by atoms with Crippen LogP contribution in [-0.2, 0) is 0 Å². The van der Waals surface area contributed by atoms with Crippen molar-refractivity contribution in [3.63, 3.8) is 0 Å². The molecule has 0 fully saturated rings. The largest absolute Gasteiger partial charge is 0.350 e. The Balaban J connectivity index is 2.10. The zero-order valence-electron chi connectivity index (χ0n) is 12.5. The minimum Gasteiger partial charge on any atom is -0.350 e. The van der Waals surface area contributed by atoms with E-state index in [-0.39, 0.29) is 11.9 Å². The second-order valence-electron chi connectivity index (χ2n) is 5.22. The quantitative estimate of drug-likeness (QED) is 0.844. The fourth-order valence-corrected chi connectivity index (χ4v) is 2.90. The maximum absolute atomic E-state index is 12.3. The van der Waals surface area contributed by atoms with Gasteiger partial charge in [0.2, 0.25) is 0 Å². The number of halogens is 2. The van der Waals surface area contributed by atoms with Gasteiger partial charge in [-0.1, -0.05) is 51.8 Å². The van der Waals surface area contributed by atoms with E-state index >= 15 is 0 Å². The summed E-state index contributed by atoms with van der Waals surface area (Å²) in [6.45, 7) is 0.488. The molecule has 0 aliphatic carbocycles. The highest BCUT2D eigenvalue weighted by Crippen LogP contribution is 2.25. The molecule has 116 valence electrons. The Morgan fingerprint density at radius 3 is 2.59 bits per heavy atom. The van der Waals surface area contributed by atoms with E-state index in [2.05, 4.69) is 21.2 Å². The third-order valence-corrected chi connectivity index (χ3v) is 4.27. The molecule has 0 aliphatic heterocycles. The molecule has 0 bridgehead atoms. The molecule has 2 aromatic carbocycles. The van der Waals surface area contributed by atoms with Gasteiger partial charge in [-0.05, 0) is 43.9 Å². The van der Waals surface area contributed by atoms with E-state index in [9.17, 15) is 4.79 Å². The summed E-state index contributed by atoms with van der Waals surface area (Å²) in [7, 11) is 3.94. The highest BCUT2D eigenvalue weighted by Gasteiger charge is 2.18. The molecule has 2 rings (SSSR count). The first-order valence-electron chi connectivity index (χ1n) is 6.93. The van der Waals surface area contributed by atoms with E-state index in [1.165, 1.54) is 0 Å². The van der Waals surface area contributed by atoms with Crippen molar-refractivity contribution < 1.29 is 4.79 Å². The van der Waals surface area contributed by atoms with E-state index < -0.39 is 0 Å². The predicted octanol–water partition coefficient (Wildman–Crippen LogP) is 4.14. The minimum absolute atomic E-state index is 0.0183. The maximum atomic E-state index is 12.3. The van der Waals surface area contributed by atoms with Crippen LogP contribution in [0.2, 0.25) is 5.02 Å². The Labute approximate surface area is 144 Å². The van der Waals surface area contributed by atoms with Crippen LogP contribution in [0.1, 0.15) is 22.0 Å². The normalized spacial score (nSPS) is 12.2. The Morgan fingerprint density at radius 2 is 1.95 bits per heavy atom. The summed E-state index contributed by atoms with van der Waals surface area (Å²) < 4.78 is 0.885. The smallest absolute Gasteiger partial charge is 0.251 e. The van der Waals surface area contributed by atoms with Gasteiger partial charge in [-0.25, -0.2) is 0 Å². The van der Waals surface area contributed by atoms with E-state index in [0.717, 1.165) is 10.0 Å². The molecule has 22 heavy (non-hydrogen) atoms. The van der Waals surface area contributed by atoms with Crippen LogP contribution < -0.4 is 5.32 Å². The lowest BCUT2D eigenvalue weighted by Crippen LogP contribution is -2.34. The number of nitrogens with one attached hydrogen (secondary N) is 1. The topological polar surface area (TPSA) is 32.3 Å². The number of carbonyl (C=O) groups is 1. The molecule has 0 aromatic heterocycles. The highest BCUT2D eigenvalue weighted by molar-refractivity contribution is 9.10. The van der Waals surface area contributed by atoms with Crippen LogP contribution in [-0.4, -0.2) is 31.4 Å². The van der Waals surface area contributed by atoms with Gasteiger partial charge in [0, 0.05) is 21.6 Å². The second-order valence-corrected chi connectivity index (χ2v) is 6.54. The number of rotatable bonds is 5. The average Bonchev–Trinajstić information content (AvgIpc) is 2.48. The molecular formula is C17H18BrClN2O. The minimum atomic E-state index is -0.0970. The van der Waals surface area contributed by atoms with E-state index in [0.29, 0.717) is 17.1 Å². The van der Waals surface area contributed by atoms with Gasteiger partial charge < -0.3 is 10.2 Å².